The van der Waals surface area contributed by atoms with Gasteiger partial charge >= 0.3 is 0 Å². The molecule has 0 saturated carbocycles. The van der Waals surface area contributed by atoms with Crippen LogP contribution in [0.1, 0.15) is 0 Å². The van der Waals surface area contributed by atoms with Crippen molar-refractivity contribution in [3.8, 4) is 22.5 Å². The molecule has 10 nitrogen and oxygen atoms in total. The molecule has 3 aromatic heterocycles. The van der Waals surface area contributed by atoms with Gasteiger partial charge in [-0.2, -0.15) is 0 Å². The predicted octanol–water partition coefficient (Wildman–Crippen LogP) is 3.87. The molecule has 3 N–H and O–H groups in total. The van der Waals surface area contributed by atoms with Crippen LogP contribution < -0.4 is 10.7 Å². The number of anilines is 1. The Kier molecular flexibility index (Phi) is 4.88. The van der Waals surface area contributed by atoms with E-state index >= 15 is 0 Å². The molecule has 11 heteroatoms. The van der Waals surface area contributed by atoms with Crippen LogP contribution in [0.5, 0.6) is 0 Å². The van der Waals surface area contributed by atoms with Crippen LogP contribution in [0.3, 0.4) is 0 Å². The van der Waals surface area contributed by atoms with E-state index in [0.717, 1.165) is 58.1 Å². The van der Waals surface area contributed by atoms with Crippen LogP contribution in [0, 0.1) is 5.82 Å². The minimum absolute atomic E-state index is 0.301. The van der Waals surface area contributed by atoms with Crippen LogP contribution in [0.4, 0.5) is 16.2 Å². The van der Waals surface area contributed by atoms with Crippen molar-refractivity contribution >= 4 is 28.4 Å². The van der Waals surface area contributed by atoms with Gasteiger partial charge in [0.05, 0.1) is 35.6 Å². The van der Waals surface area contributed by atoms with Crippen LogP contribution >= 0.6 is 0 Å². The Labute approximate surface area is 192 Å². The maximum Gasteiger partial charge on any atom is 0.249 e. The van der Waals surface area contributed by atoms with Gasteiger partial charge in [0.25, 0.3) is 0 Å². The quantitative estimate of drug-likeness (QED) is 0.240. The van der Waals surface area contributed by atoms with Crippen molar-refractivity contribution < 1.29 is 9.13 Å². The molecule has 5 aromatic rings. The Morgan fingerprint density at radius 3 is 2.62 bits per heavy atom. The van der Waals surface area contributed by atoms with E-state index in [-0.39, 0.29) is 5.82 Å². The van der Waals surface area contributed by atoms with Gasteiger partial charge in [-0.15, -0.1) is 0 Å². The molecule has 0 aliphatic carbocycles. The molecular formula is C23H20FN9O. The smallest absolute Gasteiger partial charge is 0.249 e. The second-order valence-electron chi connectivity index (χ2n) is 7.87. The van der Waals surface area contributed by atoms with Gasteiger partial charge in [0, 0.05) is 36.6 Å². The third-order valence-electron chi connectivity index (χ3n) is 5.85. The summed E-state index contributed by atoms with van der Waals surface area (Å²) < 4.78 is 21.2. The highest BCUT2D eigenvalue weighted by Crippen LogP contribution is 2.36. The summed E-state index contributed by atoms with van der Waals surface area (Å²) in [6.45, 7) is 2.75. The van der Waals surface area contributed by atoms with E-state index < -0.39 is 0 Å². The highest BCUT2D eigenvalue weighted by Gasteiger charge is 2.22. The first kappa shape index (κ1) is 20.2. The van der Waals surface area contributed by atoms with E-state index in [1.165, 1.54) is 12.1 Å². The lowest BCUT2D eigenvalue weighted by Crippen LogP contribution is -2.37. The summed E-state index contributed by atoms with van der Waals surface area (Å²) >= 11 is 0. The van der Waals surface area contributed by atoms with E-state index in [0.29, 0.717) is 19.2 Å². The van der Waals surface area contributed by atoms with Gasteiger partial charge in [-0.3, -0.25) is 4.40 Å². The summed E-state index contributed by atoms with van der Waals surface area (Å²) in [7, 11) is 0. The fourth-order valence-electron chi connectivity index (χ4n) is 4.29. The predicted molar refractivity (Wildman–Crippen MR) is 125 cm³/mol. The second kappa shape index (κ2) is 8.19. The topological polar surface area (TPSA) is 122 Å². The van der Waals surface area contributed by atoms with Crippen molar-refractivity contribution in [2.24, 2.45) is 16.2 Å². The number of rotatable bonds is 4. The Morgan fingerprint density at radius 1 is 1.03 bits per heavy atom. The molecule has 1 saturated heterocycles. The van der Waals surface area contributed by atoms with Crippen LogP contribution in [-0.4, -0.2) is 50.6 Å². The molecule has 0 spiro atoms. The average molecular weight is 457 g/mol. The lowest BCUT2D eigenvalue weighted by molar-refractivity contribution is 0.122. The van der Waals surface area contributed by atoms with Gasteiger partial charge in [-0.25, -0.2) is 19.3 Å². The number of ether oxygens (including phenoxy) is 1. The van der Waals surface area contributed by atoms with Crippen molar-refractivity contribution in [2.45, 2.75) is 0 Å². The van der Waals surface area contributed by atoms with Crippen molar-refractivity contribution in [2.75, 3.05) is 31.2 Å². The van der Waals surface area contributed by atoms with Crippen LogP contribution in [-0.2, 0) is 4.74 Å². The fourth-order valence-corrected chi connectivity index (χ4v) is 4.29. The minimum Gasteiger partial charge on any atom is -0.378 e. The maximum absolute atomic E-state index is 13.7. The first-order valence-electron chi connectivity index (χ1n) is 10.8. The molecule has 6 rings (SSSR count). The molecule has 0 amide bonds. The number of nitrogens with two attached hydrogens (primary N) is 1. The highest BCUT2D eigenvalue weighted by atomic mass is 19.1. The minimum atomic E-state index is -0.301. The number of morpholine rings is 1. The van der Waals surface area contributed by atoms with Crippen LogP contribution in [0.2, 0.25) is 0 Å². The first-order chi connectivity index (χ1) is 16.7. The Bertz CT molecular complexity index is 1520. The lowest BCUT2D eigenvalue weighted by atomic mass is 10.0. The summed E-state index contributed by atoms with van der Waals surface area (Å²) in [6, 6.07) is 12.2. The van der Waals surface area contributed by atoms with Crippen LogP contribution in [0.25, 0.3) is 39.2 Å². The molecule has 170 valence electrons. The fraction of sp³-hybridized carbons (Fsp3) is 0.174. The number of imidazole rings is 2. The molecule has 1 fully saturated rings. The third-order valence-corrected chi connectivity index (χ3v) is 5.85. The normalized spacial score (nSPS) is 14.6. The second-order valence-corrected chi connectivity index (χ2v) is 7.87. The van der Waals surface area contributed by atoms with E-state index in [4.69, 9.17) is 15.6 Å². The van der Waals surface area contributed by atoms with Crippen molar-refractivity contribution in [3.05, 3.63) is 60.7 Å². The summed E-state index contributed by atoms with van der Waals surface area (Å²) in [5, 5.41) is 7.08. The number of nitrogens with one attached hydrogen (secondary N) is 1. The molecular weight excluding hydrogens is 437 g/mol. The van der Waals surface area contributed by atoms with E-state index in [9.17, 15) is 4.39 Å². The maximum atomic E-state index is 13.7. The van der Waals surface area contributed by atoms with Gasteiger partial charge in [-0.05, 0) is 36.4 Å². The van der Waals surface area contributed by atoms with Gasteiger partial charge in [0.1, 0.15) is 5.82 Å². The van der Waals surface area contributed by atoms with E-state index in [1.807, 2.05) is 28.8 Å². The van der Waals surface area contributed by atoms with Gasteiger partial charge in [0.2, 0.25) is 5.95 Å². The zero-order valence-electron chi connectivity index (χ0n) is 18.0. The van der Waals surface area contributed by atoms with Gasteiger partial charge in [0.15, 0.2) is 11.5 Å². The standard InChI is InChI=1S/C23H20FN9O/c24-16-4-1-14(2-5-16)19-20(15-3-6-17-18(13-15)28-23(27-17)30-31-25)33-8-7-26-21(22(33)29-19)32-9-11-34-12-10-32/h1-8,13H,9-12H2,(H3,25,27,28,30). The average Bonchev–Trinajstić information content (AvgIpc) is 3.45. The van der Waals surface area contributed by atoms with Gasteiger partial charge < -0.3 is 20.5 Å². The highest BCUT2D eigenvalue weighted by molar-refractivity contribution is 5.89. The van der Waals surface area contributed by atoms with E-state index in [2.05, 4.69) is 30.2 Å². The van der Waals surface area contributed by atoms with Gasteiger partial charge in [-0.1, -0.05) is 16.4 Å². The number of aromatic amines is 1. The Morgan fingerprint density at radius 2 is 1.82 bits per heavy atom. The molecule has 1 aliphatic rings. The number of fused-ring (bicyclic) bond motifs is 2. The zero-order chi connectivity index (χ0) is 23.1. The number of nitrogens with zero attached hydrogens (tertiary/aromatic N) is 7. The number of aromatic nitrogens is 5. The number of hydrogen-bond donors (Lipinski definition) is 2. The molecule has 0 bridgehead atoms. The number of hydrogen-bond acceptors (Lipinski definition) is 7. The Balaban J connectivity index is 1.59. The zero-order valence-corrected chi connectivity index (χ0v) is 18.0. The van der Waals surface area contributed by atoms with Crippen molar-refractivity contribution in [1.29, 1.82) is 0 Å². The molecule has 0 atom stereocenters. The molecule has 0 unspecified atom stereocenters. The number of H-pyrrole nitrogens is 1. The number of benzene rings is 2. The summed E-state index contributed by atoms with van der Waals surface area (Å²) in [4.78, 5) is 19.3. The lowest BCUT2D eigenvalue weighted by Gasteiger charge is -2.27. The molecule has 34 heavy (non-hydrogen) atoms. The van der Waals surface area contributed by atoms with Crippen molar-refractivity contribution in [1.82, 2.24) is 24.3 Å². The summed E-state index contributed by atoms with van der Waals surface area (Å²) in [5.74, 6) is 5.97. The molecule has 2 aromatic carbocycles. The number of halogens is 1. The first-order valence-corrected chi connectivity index (χ1v) is 10.8. The third kappa shape index (κ3) is 3.42. The summed E-state index contributed by atoms with van der Waals surface area (Å²) in [5.41, 5.74) is 5.52. The van der Waals surface area contributed by atoms with E-state index in [1.54, 1.807) is 18.3 Å². The molecule has 0 radical (unpaired) electrons. The molecule has 4 heterocycles. The molecule has 1 aliphatic heterocycles. The van der Waals surface area contributed by atoms with Crippen LogP contribution in [0.15, 0.2) is 65.2 Å². The summed E-state index contributed by atoms with van der Waals surface area (Å²) in [6.07, 6.45) is 3.66. The SMILES string of the molecule is NN=Nc1nc2ccc(-c3c(-c4ccc(F)cc4)nc4c(N5CCOCC5)nccn34)cc2[nH]1. The monoisotopic (exact) mass is 457 g/mol. The largest absolute Gasteiger partial charge is 0.378 e. The Hall–Kier alpha value is -4.38. The van der Waals surface area contributed by atoms with Crippen molar-refractivity contribution in [3.63, 3.8) is 0 Å².